The zero-order valence-electron chi connectivity index (χ0n) is 15.4. The molecule has 1 aromatic heterocycles. The van der Waals surface area contributed by atoms with Crippen LogP contribution in [-0.2, 0) is 22.5 Å². The van der Waals surface area contributed by atoms with Gasteiger partial charge in [0.2, 0.25) is 0 Å². The minimum Gasteiger partial charge on any atom is -0.380 e. The van der Waals surface area contributed by atoms with Crippen molar-refractivity contribution < 1.29 is 14.3 Å². The highest BCUT2D eigenvalue weighted by atomic mass is 16.5. The molecule has 0 spiro atoms. The van der Waals surface area contributed by atoms with E-state index in [0.29, 0.717) is 31.9 Å². The number of aryl methyl sites for hydroxylation is 2. The Balaban J connectivity index is 1.67. The lowest BCUT2D eigenvalue weighted by Gasteiger charge is -2.36. The van der Waals surface area contributed by atoms with Crippen LogP contribution in [0.3, 0.4) is 0 Å². The van der Waals surface area contributed by atoms with E-state index in [1.54, 1.807) is 19.5 Å². The minimum absolute atomic E-state index is 0.0521. The highest BCUT2D eigenvalue weighted by Gasteiger charge is 2.28. The summed E-state index contributed by atoms with van der Waals surface area (Å²) in [6.45, 7) is 4.26. The molecule has 2 heterocycles. The summed E-state index contributed by atoms with van der Waals surface area (Å²) in [5, 5.41) is 0. The Morgan fingerprint density at radius 1 is 1.27 bits per heavy atom. The lowest BCUT2D eigenvalue weighted by Crippen LogP contribution is -2.48. The number of amides is 1. The Bertz CT molecular complexity index is 733. The van der Waals surface area contributed by atoms with Gasteiger partial charge in [0.1, 0.15) is 0 Å². The fraction of sp³-hybridized carbons (Fsp3) is 0.450. The minimum atomic E-state index is 0.0521. The smallest absolute Gasteiger partial charge is 0.254 e. The third kappa shape index (κ3) is 4.45. The number of rotatable bonds is 6. The van der Waals surface area contributed by atoms with Crippen LogP contribution < -0.4 is 0 Å². The topological polar surface area (TPSA) is 64.5 Å². The molecule has 2 aromatic rings. The number of carbonyl (C=O) groups is 1. The predicted molar refractivity (Wildman–Crippen MR) is 97.9 cm³/mol. The number of morpholine rings is 1. The summed E-state index contributed by atoms with van der Waals surface area (Å²) in [6.07, 6.45) is 5.01. The summed E-state index contributed by atoms with van der Waals surface area (Å²) >= 11 is 0. The van der Waals surface area contributed by atoms with E-state index < -0.39 is 0 Å². The van der Waals surface area contributed by atoms with Gasteiger partial charge in [-0.1, -0.05) is 12.1 Å². The van der Waals surface area contributed by atoms with E-state index in [2.05, 4.69) is 9.97 Å². The lowest BCUT2D eigenvalue weighted by molar-refractivity contribution is -0.00414. The van der Waals surface area contributed by atoms with Crippen LogP contribution in [0.2, 0.25) is 0 Å². The van der Waals surface area contributed by atoms with E-state index in [1.807, 2.05) is 36.1 Å². The summed E-state index contributed by atoms with van der Waals surface area (Å²) in [5.74, 6) is 0.0538. The molecule has 6 nitrogen and oxygen atoms in total. The van der Waals surface area contributed by atoms with Crippen LogP contribution in [0.1, 0.15) is 33.7 Å². The number of aromatic nitrogens is 2. The third-order valence-corrected chi connectivity index (χ3v) is 4.70. The molecule has 0 N–H and O–H groups in total. The van der Waals surface area contributed by atoms with Gasteiger partial charge < -0.3 is 14.4 Å². The van der Waals surface area contributed by atoms with Crippen molar-refractivity contribution in [3.8, 4) is 0 Å². The first-order valence-electron chi connectivity index (χ1n) is 8.92. The second-order valence-electron chi connectivity index (χ2n) is 6.48. The predicted octanol–water partition coefficient (Wildman–Crippen LogP) is 2.41. The molecule has 1 saturated heterocycles. The van der Waals surface area contributed by atoms with Crippen LogP contribution in [0.25, 0.3) is 0 Å². The molecule has 0 aliphatic carbocycles. The van der Waals surface area contributed by atoms with Gasteiger partial charge in [-0.05, 0) is 37.5 Å². The molecule has 1 aromatic carbocycles. The van der Waals surface area contributed by atoms with Crippen molar-refractivity contribution in [1.82, 2.24) is 14.9 Å². The van der Waals surface area contributed by atoms with Crippen molar-refractivity contribution in [2.24, 2.45) is 0 Å². The fourth-order valence-corrected chi connectivity index (χ4v) is 3.22. The van der Waals surface area contributed by atoms with Crippen LogP contribution in [0, 0.1) is 6.92 Å². The number of methoxy groups -OCH3 is 1. The average Bonchev–Trinajstić information content (AvgIpc) is 2.68. The Labute approximate surface area is 154 Å². The molecule has 1 atom stereocenters. The molecule has 0 unspecified atom stereocenters. The Hall–Kier alpha value is -2.31. The average molecular weight is 355 g/mol. The summed E-state index contributed by atoms with van der Waals surface area (Å²) in [4.78, 5) is 23.6. The van der Waals surface area contributed by atoms with E-state index in [1.165, 1.54) is 0 Å². The van der Waals surface area contributed by atoms with E-state index in [0.717, 1.165) is 29.8 Å². The van der Waals surface area contributed by atoms with Gasteiger partial charge in [0, 0.05) is 31.6 Å². The SMILES string of the molecule is COCc1ccc(C(=O)N2CCOC[C@@H]2CCc2nccnc2C)cc1. The molecular formula is C20H25N3O3. The van der Waals surface area contributed by atoms with Gasteiger partial charge in [0.25, 0.3) is 5.91 Å². The molecule has 1 amide bonds. The van der Waals surface area contributed by atoms with Crippen molar-refractivity contribution in [3.63, 3.8) is 0 Å². The van der Waals surface area contributed by atoms with Crippen molar-refractivity contribution in [2.75, 3.05) is 26.9 Å². The van der Waals surface area contributed by atoms with E-state index >= 15 is 0 Å². The van der Waals surface area contributed by atoms with Crippen LogP contribution in [0.4, 0.5) is 0 Å². The van der Waals surface area contributed by atoms with Gasteiger partial charge in [0.05, 0.1) is 37.3 Å². The number of ether oxygens (including phenoxy) is 2. The molecule has 1 aliphatic rings. The van der Waals surface area contributed by atoms with Crippen LogP contribution >= 0.6 is 0 Å². The second kappa shape index (κ2) is 8.87. The third-order valence-electron chi connectivity index (χ3n) is 4.70. The van der Waals surface area contributed by atoms with E-state index in [-0.39, 0.29) is 11.9 Å². The van der Waals surface area contributed by atoms with Crippen LogP contribution in [0.5, 0.6) is 0 Å². The number of benzene rings is 1. The molecule has 1 fully saturated rings. The first-order chi connectivity index (χ1) is 12.7. The van der Waals surface area contributed by atoms with E-state index in [4.69, 9.17) is 9.47 Å². The molecular weight excluding hydrogens is 330 g/mol. The van der Waals surface area contributed by atoms with E-state index in [9.17, 15) is 4.79 Å². The largest absolute Gasteiger partial charge is 0.380 e. The van der Waals surface area contributed by atoms with Gasteiger partial charge in [0.15, 0.2) is 0 Å². The Morgan fingerprint density at radius 2 is 2.04 bits per heavy atom. The number of hydrogen-bond donors (Lipinski definition) is 0. The first kappa shape index (κ1) is 18.5. The normalized spacial score (nSPS) is 17.3. The number of nitrogens with zero attached hydrogens (tertiary/aromatic N) is 3. The van der Waals surface area contributed by atoms with Gasteiger partial charge in [-0.15, -0.1) is 0 Å². The monoisotopic (exact) mass is 355 g/mol. The van der Waals surface area contributed by atoms with Gasteiger partial charge in [-0.3, -0.25) is 14.8 Å². The van der Waals surface area contributed by atoms with Gasteiger partial charge >= 0.3 is 0 Å². The van der Waals surface area contributed by atoms with Crippen molar-refractivity contribution in [1.29, 1.82) is 0 Å². The number of carbonyl (C=O) groups excluding carboxylic acids is 1. The molecule has 0 radical (unpaired) electrons. The molecule has 6 heteroatoms. The zero-order valence-corrected chi connectivity index (χ0v) is 15.4. The molecule has 26 heavy (non-hydrogen) atoms. The highest BCUT2D eigenvalue weighted by molar-refractivity contribution is 5.94. The standard InChI is InChI=1S/C20H25N3O3/c1-15-19(22-10-9-21-15)8-7-18-14-26-12-11-23(18)20(24)17-5-3-16(4-6-17)13-25-2/h3-6,9-10,18H,7-8,11-14H2,1-2H3/t18-/m0/s1. The molecule has 0 saturated carbocycles. The lowest BCUT2D eigenvalue weighted by atomic mass is 10.0. The van der Waals surface area contributed by atoms with Gasteiger partial charge in [-0.2, -0.15) is 0 Å². The summed E-state index contributed by atoms with van der Waals surface area (Å²) in [6, 6.07) is 7.67. The quantitative estimate of drug-likeness (QED) is 0.796. The molecule has 3 rings (SSSR count). The van der Waals surface area contributed by atoms with Crippen LogP contribution in [-0.4, -0.2) is 53.7 Å². The van der Waals surface area contributed by atoms with Crippen molar-refractivity contribution in [3.05, 3.63) is 59.2 Å². The van der Waals surface area contributed by atoms with Crippen LogP contribution in [0.15, 0.2) is 36.7 Å². The first-order valence-corrected chi connectivity index (χ1v) is 8.92. The van der Waals surface area contributed by atoms with Crippen molar-refractivity contribution >= 4 is 5.91 Å². The zero-order chi connectivity index (χ0) is 18.4. The fourth-order valence-electron chi connectivity index (χ4n) is 3.22. The maximum Gasteiger partial charge on any atom is 0.254 e. The van der Waals surface area contributed by atoms with Gasteiger partial charge in [-0.25, -0.2) is 0 Å². The molecule has 138 valence electrons. The Kier molecular flexibility index (Phi) is 6.30. The Morgan fingerprint density at radius 3 is 2.77 bits per heavy atom. The highest BCUT2D eigenvalue weighted by Crippen LogP contribution is 2.18. The number of hydrogen-bond acceptors (Lipinski definition) is 5. The summed E-state index contributed by atoms with van der Waals surface area (Å²) < 4.78 is 10.7. The summed E-state index contributed by atoms with van der Waals surface area (Å²) in [7, 11) is 1.66. The maximum atomic E-state index is 13.0. The second-order valence-corrected chi connectivity index (χ2v) is 6.48. The maximum absolute atomic E-state index is 13.0. The van der Waals surface area contributed by atoms with Crippen molar-refractivity contribution in [2.45, 2.75) is 32.4 Å². The molecule has 0 bridgehead atoms. The molecule has 1 aliphatic heterocycles. The summed E-state index contributed by atoms with van der Waals surface area (Å²) in [5.41, 5.74) is 3.68.